The molecule has 1 aromatic carbocycles. The van der Waals surface area contributed by atoms with Gasteiger partial charge in [-0.3, -0.25) is 4.99 Å². The van der Waals surface area contributed by atoms with Gasteiger partial charge in [-0.05, 0) is 26.3 Å². The number of aliphatic imine (C=N–C) groups is 1. The third-order valence-corrected chi connectivity index (χ3v) is 6.74. The van der Waals surface area contributed by atoms with Crippen molar-refractivity contribution < 1.29 is 8.42 Å². The van der Waals surface area contributed by atoms with Crippen molar-refractivity contribution in [3.05, 3.63) is 35.9 Å². The Bertz CT molecular complexity index is 733. The minimum atomic E-state index is -3.36. The predicted molar refractivity (Wildman–Crippen MR) is 123 cm³/mol. The second kappa shape index (κ2) is 9.56. The van der Waals surface area contributed by atoms with Gasteiger partial charge in [0.15, 0.2) is 5.96 Å². The van der Waals surface area contributed by atoms with E-state index < -0.39 is 10.0 Å². The first-order valence-electron chi connectivity index (χ1n) is 9.16. The summed E-state index contributed by atoms with van der Waals surface area (Å²) in [5, 5.41) is 3.28. The average molecular weight is 508 g/mol. The third kappa shape index (κ3) is 6.05. The highest BCUT2D eigenvalue weighted by atomic mass is 127. The predicted octanol–water partition coefficient (Wildman–Crippen LogP) is 2.81. The van der Waals surface area contributed by atoms with Crippen LogP contribution in [0.2, 0.25) is 0 Å². The van der Waals surface area contributed by atoms with Crippen LogP contribution in [-0.4, -0.2) is 50.2 Å². The van der Waals surface area contributed by atoms with Gasteiger partial charge in [0, 0.05) is 30.6 Å². The van der Waals surface area contributed by atoms with Crippen LogP contribution >= 0.6 is 24.0 Å². The number of benzene rings is 1. The van der Waals surface area contributed by atoms with E-state index in [9.17, 15) is 8.42 Å². The Morgan fingerprint density at radius 2 is 1.81 bits per heavy atom. The first-order chi connectivity index (χ1) is 12.1. The molecule has 27 heavy (non-hydrogen) atoms. The maximum atomic E-state index is 12.2. The molecule has 0 bridgehead atoms. The Hall–Kier alpha value is -0.870. The van der Waals surface area contributed by atoms with E-state index in [-0.39, 0.29) is 47.2 Å². The Labute approximate surface area is 181 Å². The largest absolute Gasteiger partial charge is 0.356 e. The van der Waals surface area contributed by atoms with E-state index in [4.69, 9.17) is 0 Å². The van der Waals surface area contributed by atoms with E-state index in [0.717, 1.165) is 24.6 Å². The van der Waals surface area contributed by atoms with Gasteiger partial charge in [-0.1, -0.05) is 44.2 Å². The van der Waals surface area contributed by atoms with Crippen LogP contribution < -0.4 is 10.0 Å². The molecule has 0 unspecified atom stereocenters. The molecule has 0 saturated carbocycles. The lowest BCUT2D eigenvalue weighted by atomic mass is 9.65. The van der Waals surface area contributed by atoms with E-state index in [2.05, 4.69) is 47.6 Å². The fourth-order valence-corrected chi connectivity index (χ4v) is 3.79. The topological polar surface area (TPSA) is 73.8 Å². The highest BCUT2D eigenvalue weighted by Gasteiger charge is 2.53. The SMILES string of the molecule is CCNC(=NCCS(=O)(=O)NCc1ccccc1)N1CC(C)(C)C1(C)C.I. The highest BCUT2D eigenvalue weighted by Crippen LogP contribution is 2.46. The third-order valence-electron chi connectivity index (χ3n) is 5.44. The summed E-state index contributed by atoms with van der Waals surface area (Å²) in [6.07, 6.45) is 0. The van der Waals surface area contributed by atoms with Crippen LogP contribution in [0.5, 0.6) is 0 Å². The molecule has 8 heteroatoms. The summed E-state index contributed by atoms with van der Waals surface area (Å²) in [6.45, 7) is 13.1. The van der Waals surface area contributed by atoms with Crippen LogP contribution in [0.1, 0.15) is 40.2 Å². The van der Waals surface area contributed by atoms with Crippen LogP contribution in [0.15, 0.2) is 35.3 Å². The molecule has 0 atom stereocenters. The van der Waals surface area contributed by atoms with Gasteiger partial charge < -0.3 is 10.2 Å². The number of guanidine groups is 1. The number of hydrogen-bond acceptors (Lipinski definition) is 3. The molecule has 2 rings (SSSR count). The molecule has 0 spiro atoms. The number of halogens is 1. The van der Waals surface area contributed by atoms with Crippen molar-refractivity contribution in [3.63, 3.8) is 0 Å². The molecule has 1 saturated heterocycles. The smallest absolute Gasteiger partial charge is 0.213 e. The molecular formula is C19H33IN4O2S. The summed E-state index contributed by atoms with van der Waals surface area (Å²) in [7, 11) is -3.36. The number of hydrogen-bond donors (Lipinski definition) is 2. The Morgan fingerprint density at radius 1 is 1.19 bits per heavy atom. The van der Waals surface area contributed by atoms with Crippen molar-refractivity contribution in [2.75, 3.05) is 25.4 Å². The van der Waals surface area contributed by atoms with Crippen molar-refractivity contribution in [2.24, 2.45) is 10.4 Å². The monoisotopic (exact) mass is 508 g/mol. The van der Waals surface area contributed by atoms with Gasteiger partial charge in [0.1, 0.15) is 0 Å². The highest BCUT2D eigenvalue weighted by molar-refractivity contribution is 14.0. The molecule has 0 aliphatic carbocycles. The van der Waals surface area contributed by atoms with Gasteiger partial charge in [0.25, 0.3) is 0 Å². The maximum absolute atomic E-state index is 12.2. The Balaban J connectivity index is 0.00000364. The first-order valence-corrected chi connectivity index (χ1v) is 10.8. The van der Waals surface area contributed by atoms with Gasteiger partial charge >= 0.3 is 0 Å². The van der Waals surface area contributed by atoms with E-state index >= 15 is 0 Å². The summed E-state index contributed by atoms with van der Waals surface area (Å²) >= 11 is 0. The number of nitrogens with one attached hydrogen (secondary N) is 2. The van der Waals surface area contributed by atoms with E-state index in [1.54, 1.807) is 0 Å². The van der Waals surface area contributed by atoms with Crippen LogP contribution in [0.3, 0.4) is 0 Å². The molecule has 1 aliphatic heterocycles. The number of nitrogens with zero attached hydrogens (tertiary/aromatic N) is 2. The molecule has 1 aliphatic rings. The van der Waals surface area contributed by atoms with Crippen molar-refractivity contribution >= 4 is 40.0 Å². The molecule has 6 nitrogen and oxygen atoms in total. The Morgan fingerprint density at radius 3 is 2.33 bits per heavy atom. The summed E-state index contributed by atoms with van der Waals surface area (Å²) in [5.74, 6) is 0.766. The van der Waals surface area contributed by atoms with Crippen LogP contribution in [0.25, 0.3) is 0 Å². The lowest BCUT2D eigenvalue weighted by Crippen LogP contribution is -2.72. The van der Waals surface area contributed by atoms with Crippen LogP contribution in [0, 0.1) is 5.41 Å². The molecule has 1 heterocycles. The molecule has 0 aromatic heterocycles. The quantitative estimate of drug-likeness (QED) is 0.338. The lowest BCUT2D eigenvalue weighted by Gasteiger charge is -2.62. The fourth-order valence-electron chi connectivity index (χ4n) is 2.93. The minimum Gasteiger partial charge on any atom is -0.356 e. The van der Waals surface area contributed by atoms with Crippen LogP contribution in [-0.2, 0) is 16.6 Å². The van der Waals surface area contributed by atoms with E-state index in [0.29, 0.717) is 6.54 Å². The molecule has 1 fully saturated rings. The van der Waals surface area contributed by atoms with Gasteiger partial charge in [0.2, 0.25) is 10.0 Å². The normalized spacial score (nSPS) is 18.4. The molecular weight excluding hydrogens is 475 g/mol. The van der Waals surface area contributed by atoms with E-state index in [1.807, 2.05) is 37.3 Å². The van der Waals surface area contributed by atoms with Crippen molar-refractivity contribution in [3.8, 4) is 0 Å². The number of rotatable bonds is 7. The molecule has 2 N–H and O–H groups in total. The van der Waals surface area contributed by atoms with Crippen molar-refractivity contribution in [2.45, 2.75) is 46.7 Å². The van der Waals surface area contributed by atoms with Gasteiger partial charge in [-0.2, -0.15) is 0 Å². The summed E-state index contributed by atoms with van der Waals surface area (Å²) in [6, 6.07) is 9.50. The van der Waals surface area contributed by atoms with Gasteiger partial charge in [-0.25, -0.2) is 13.1 Å². The van der Waals surface area contributed by atoms with Crippen LogP contribution in [0.4, 0.5) is 0 Å². The maximum Gasteiger partial charge on any atom is 0.213 e. The standard InChI is InChI=1S/C19H32N4O2S.HI/c1-6-20-17(23-15-18(2,3)19(23,4)5)21-12-13-26(24,25)22-14-16-10-8-7-9-11-16;/h7-11,22H,6,12-15H2,1-5H3,(H,20,21);1H. The van der Waals surface area contributed by atoms with Crippen molar-refractivity contribution in [1.82, 2.24) is 14.9 Å². The molecule has 154 valence electrons. The zero-order valence-electron chi connectivity index (χ0n) is 16.9. The summed E-state index contributed by atoms with van der Waals surface area (Å²) in [5.41, 5.74) is 1.13. The number of sulfonamides is 1. The zero-order valence-corrected chi connectivity index (χ0v) is 20.1. The van der Waals surface area contributed by atoms with Gasteiger partial charge in [-0.15, -0.1) is 24.0 Å². The lowest BCUT2D eigenvalue weighted by molar-refractivity contribution is -0.0667. The Kier molecular flexibility index (Phi) is 8.55. The summed E-state index contributed by atoms with van der Waals surface area (Å²) < 4.78 is 27.1. The van der Waals surface area contributed by atoms with Gasteiger partial charge in [0.05, 0.1) is 12.3 Å². The second-order valence-electron chi connectivity index (χ2n) is 7.89. The average Bonchev–Trinajstić information content (AvgIpc) is 2.58. The molecule has 0 amide bonds. The second-order valence-corrected chi connectivity index (χ2v) is 9.82. The van der Waals surface area contributed by atoms with E-state index in [1.165, 1.54) is 0 Å². The molecule has 0 radical (unpaired) electrons. The fraction of sp³-hybridized carbons (Fsp3) is 0.632. The summed E-state index contributed by atoms with van der Waals surface area (Å²) in [4.78, 5) is 6.77. The number of likely N-dealkylation sites (tertiary alicyclic amines) is 1. The minimum absolute atomic E-state index is 0. The van der Waals surface area contributed by atoms with Crippen molar-refractivity contribution in [1.29, 1.82) is 0 Å². The first kappa shape index (κ1) is 24.2. The molecule has 1 aromatic rings. The zero-order chi connectivity index (χ0) is 19.4.